The highest BCUT2D eigenvalue weighted by atomic mass is 15.4. The van der Waals surface area contributed by atoms with Gasteiger partial charge in [-0.15, -0.1) is 5.10 Å². The zero-order chi connectivity index (χ0) is 11.4. The summed E-state index contributed by atoms with van der Waals surface area (Å²) in [4.78, 5) is 0. The summed E-state index contributed by atoms with van der Waals surface area (Å²) in [6.07, 6.45) is 5.52. The lowest BCUT2D eigenvalue weighted by molar-refractivity contribution is 0.443. The van der Waals surface area contributed by atoms with Crippen LogP contribution in [0.2, 0.25) is 0 Å². The maximum absolute atomic E-state index is 4.17. The van der Waals surface area contributed by atoms with E-state index >= 15 is 0 Å². The van der Waals surface area contributed by atoms with Crippen molar-refractivity contribution >= 4 is 0 Å². The van der Waals surface area contributed by atoms with Crippen molar-refractivity contribution in [1.29, 1.82) is 0 Å². The van der Waals surface area contributed by atoms with Crippen molar-refractivity contribution in [2.45, 2.75) is 26.1 Å². The van der Waals surface area contributed by atoms with Crippen molar-refractivity contribution in [2.75, 3.05) is 0 Å². The summed E-state index contributed by atoms with van der Waals surface area (Å²) in [5.41, 5.74) is 1.08. The molecule has 0 spiro atoms. The molecule has 2 aromatic rings. The first-order valence-corrected chi connectivity index (χ1v) is 5.30. The van der Waals surface area contributed by atoms with E-state index in [9.17, 15) is 0 Å². The van der Waals surface area contributed by atoms with Crippen LogP contribution in [0.15, 0.2) is 24.7 Å². The van der Waals surface area contributed by atoms with Crippen molar-refractivity contribution in [1.82, 2.24) is 30.1 Å². The molecule has 0 fully saturated rings. The third kappa shape index (κ3) is 2.66. The molecule has 86 valence electrons. The molecule has 0 bridgehead atoms. The quantitative estimate of drug-likeness (QED) is 0.781. The molecule has 2 aromatic heterocycles. The Morgan fingerprint density at radius 1 is 1.50 bits per heavy atom. The molecule has 0 aliphatic heterocycles. The van der Waals surface area contributed by atoms with Crippen LogP contribution in [0.4, 0.5) is 0 Å². The summed E-state index contributed by atoms with van der Waals surface area (Å²) in [7, 11) is 1.89. The second kappa shape index (κ2) is 4.89. The van der Waals surface area contributed by atoms with Crippen LogP contribution in [0.1, 0.15) is 12.6 Å². The van der Waals surface area contributed by atoms with Gasteiger partial charge in [0.15, 0.2) is 0 Å². The third-order valence-electron chi connectivity index (χ3n) is 2.46. The second-order valence-electron chi connectivity index (χ2n) is 3.86. The molecule has 2 rings (SSSR count). The monoisotopic (exact) mass is 220 g/mol. The number of aromatic nitrogens is 5. The van der Waals surface area contributed by atoms with Gasteiger partial charge in [-0.05, 0) is 13.0 Å². The molecule has 6 nitrogen and oxygen atoms in total. The lowest BCUT2D eigenvalue weighted by Gasteiger charge is -2.13. The topological polar surface area (TPSA) is 60.6 Å². The fraction of sp³-hybridized carbons (Fsp3) is 0.500. The number of nitrogens with zero attached hydrogens (tertiary/aromatic N) is 5. The van der Waals surface area contributed by atoms with E-state index in [1.54, 1.807) is 17.1 Å². The summed E-state index contributed by atoms with van der Waals surface area (Å²) >= 11 is 0. The summed E-state index contributed by atoms with van der Waals surface area (Å²) in [5.74, 6) is 0. The number of aryl methyl sites for hydroxylation is 1. The van der Waals surface area contributed by atoms with Gasteiger partial charge in [-0.3, -0.25) is 9.36 Å². The molecule has 0 saturated carbocycles. The highest BCUT2D eigenvalue weighted by molar-refractivity contribution is 4.92. The van der Waals surface area contributed by atoms with Gasteiger partial charge < -0.3 is 5.32 Å². The Hall–Kier alpha value is -1.69. The van der Waals surface area contributed by atoms with E-state index in [0.717, 1.165) is 18.8 Å². The fourth-order valence-electron chi connectivity index (χ4n) is 1.50. The Morgan fingerprint density at radius 3 is 3.00 bits per heavy atom. The first-order chi connectivity index (χ1) is 7.75. The molecule has 0 amide bonds. The van der Waals surface area contributed by atoms with E-state index < -0.39 is 0 Å². The molecular weight excluding hydrogens is 204 g/mol. The molecule has 1 N–H and O–H groups in total. The molecule has 1 atom stereocenters. The minimum atomic E-state index is 0.356. The molecule has 0 aliphatic rings. The largest absolute Gasteiger partial charge is 0.307 e. The average Bonchev–Trinajstić information content (AvgIpc) is 2.87. The lowest BCUT2D eigenvalue weighted by atomic mass is 10.3. The second-order valence-corrected chi connectivity index (χ2v) is 3.86. The molecule has 0 saturated heterocycles. The Morgan fingerprint density at radius 2 is 2.38 bits per heavy atom. The van der Waals surface area contributed by atoms with Crippen LogP contribution in [0.5, 0.6) is 0 Å². The molecule has 1 unspecified atom stereocenters. The van der Waals surface area contributed by atoms with E-state index in [1.165, 1.54) is 0 Å². The molecule has 16 heavy (non-hydrogen) atoms. The summed E-state index contributed by atoms with van der Waals surface area (Å²) in [6, 6.07) is 2.28. The van der Waals surface area contributed by atoms with Crippen LogP contribution in [0, 0.1) is 0 Å². The number of rotatable bonds is 5. The molecule has 6 heteroatoms. The zero-order valence-corrected chi connectivity index (χ0v) is 9.54. The van der Waals surface area contributed by atoms with Crippen molar-refractivity contribution in [3.8, 4) is 0 Å². The molecule has 2 heterocycles. The SMILES string of the molecule is CC(Cn1cccn1)NCc1cnnn1C. The van der Waals surface area contributed by atoms with Crippen molar-refractivity contribution in [3.63, 3.8) is 0 Å². The number of nitrogens with one attached hydrogen (secondary N) is 1. The Labute approximate surface area is 94.3 Å². The van der Waals surface area contributed by atoms with E-state index in [1.807, 2.05) is 24.0 Å². The van der Waals surface area contributed by atoms with Crippen molar-refractivity contribution in [2.24, 2.45) is 7.05 Å². The van der Waals surface area contributed by atoms with Crippen LogP contribution in [0.3, 0.4) is 0 Å². The minimum Gasteiger partial charge on any atom is -0.307 e. The lowest BCUT2D eigenvalue weighted by Crippen LogP contribution is -2.30. The van der Waals surface area contributed by atoms with Crippen molar-refractivity contribution < 1.29 is 0 Å². The molecule has 0 radical (unpaired) electrons. The zero-order valence-electron chi connectivity index (χ0n) is 9.54. The van der Waals surface area contributed by atoms with Gasteiger partial charge in [0.2, 0.25) is 0 Å². The Bertz CT molecular complexity index is 418. The fourth-order valence-corrected chi connectivity index (χ4v) is 1.50. The summed E-state index contributed by atoms with van der Waals surface area (Å²) in [5, 5.41) is 15.3. The van der Waals surface area contributed by atoms with Gasteiger partial charge in [-0.1, -0.05) is 5.21 Å². The van der Waals surface area contributed by atoms with Gasteiger partial charge >= 0.3 is 0 Å². The number of hydrogen-bond donors (Lipinski definition) is 1. The predicted molar refractivity (Wildman–Crippen MR) is 59.5 cm³/mol. The van der Waals surface area contributed by atoms with Crippen LogP contribution in [-0.2, 0) is 20.1 Å². The summed E-state index contributed by atoms with van der Waals surface area (Å²) < 4.78 is 3.69. The van der Waals surface area contributed by atoms with Gasteiger partial charge in [-0.2, -0.15) is 5.10 Å². The van der Waals surface area contributed by atoms with Crippen LogP contribution in [-0.4, -0.2) is 30.8 Å². The van der Waals surface area contributed by atoms with Gasteiger partial charge in [-0.25, -0.2) is 0 Å². The summed E-state index contributed by atoms with van der Waals surface area (Å²) in [6.45, 7) is 3.76. The first kappa shape index (κ1) is 10.8. The van der Waals surface area contributed by atoms with E-state index in [2.05, 4.69) is 27.7 Å². The average molecular weight is 220 g/mol. The van der Waals surface area contributed by atoms with Crippen LogP contribution < -0.4 is 5.32 Å². The van der Waals surface area contributed by atoms with E-state index in [4.69, 9.17) is 0 Å². The maximum atomic E-state index is 4.17. The smallest absolute Gasteiger partial charge is 0.0738 e. The van der Waals surface area contributed by atoms with E-state index in [0.29, 0.717) is 6.04 Å². The molecular formula is C10H16N6. The Balaban J connectivity index is 1.80. The molecule has 0 aromatic carbocycles. The minimum absolute atomic E-state index is 0.356. The highest BCUT2D eigenvalue weighted by Crippen LogP contribution is 1.95. The van der Waals surface area contributed by atoms with Gasteiger partial charge in [0, 0.05) is 32.0 Å². The van der Waals surface area contributed by atoms with E-state index in [-0.39, 0.29) is 0 Å². The van der Waals surface area contributed by atoms with Gasteiger partial charge in [0.05, 0.1) is 18.4 Å². The highest BCUT2D eigenvalue weighted by Gasteiger charge is 2.04. The predicted octanol–water partition coefficient (Wildman–Crippen LogP) is 0.190. The van der Waals surface area contributed by atoms with Crippen LogP contribution >= 0.6 is 0 Å². The first-order valence-electron chi connectivity index (χ1n) is 5.30. The maximum Gasteiger partial charge on any atom is 0.0738 e. The normalized spacial score (nSPS) is 12.9. The molecule has 0 aliphatic carbocycles. The van der Waals surface area contributed by atoms with Gasteiger partial charge in [0.25, 0.3) is 0 Å². The van der Waals surface area contributed by atoms with Crippen molar-refractivity contribution in [3.05, 3.63) is 30.4 Å². The number of hydrogen-bond acceptors (Lipinski definition) is 4. The Kier molecular flexibility index (Phi) is 3.31. The standard InChI is InChI=1S/C10H16N6/c1-9(8-16-5-3-4-13-16)11-6-10-7-12-14-15(10)2/h3-5,7,9,11H,6,8H2,1-2H3. The van der Waals surface area contributed by atoms with Crippen LogP contribution in [0.25, 0.3) is 0 Å². The van der Waals surface area contributed by atoms with Gasteiger partial charge in [0.1, 0.15) is 0 Å². The third-order valence-corrected chi connectivity index (χ3v) is 2.46.